The fraction of sp³-hybridized carbons (Fsp3) is 0.529. The number of nitrogens with one attached hydrogen (secondary N) is 1. The molecule has 0 spiro atoms. The average Bonchev–Trinajstić information content (AvgIpc) is 2.40. The number of ether oxygens (including phenoxy) is 1. The maximum atomic E-state index is 5.72. The van der Waals surface area contributed by atoms with E-state index in [1.54, 1.807) is 0 Å². The van der Waals surface area contributed by atoms with Gasteiger partial charge in [-0.15, -0.1) is 6.58 Å². The molecule has 1 aromatic carbocycles. The Morgan fingerprint density at radius 2 is 2.00 bits per heavy atom. The Kier molecular flexibility index (Phi) is 8.19. The molecule has 0 aromatic heterocycles. The van der Waals surface area contributed by atoms with Gasteiger partial charge >= 0.3 is 0 Å². The van der Waals surface area contributed by atoms with Gasteiger partial charge in [-0.2, -0.15) is 0 Å². The van der Waals surface area contributed by atoms with Crippen molar-refractivity contribution < 1.29 is 4.74 Å². The lowest BCUT2D eigenvalue weighted by Gasteiger charge is -2.12. The summed E-state index contributed by atoms with van der Waals surface area (Å²) in [4.78, 5) is 0. The minimum Gasteiger partial charge on any atom is -0.377 e. The summed E-state index contributed by atoms with van der Waals surface area (Å²) in [6.07, 6.45) is 5.08. The molecule has 0 heterocycles. The fourth-order valence-electron chi connectivity index (χ4n) is 1.95. The number of rotatable bonds is 10. The zero-order valence-electron chi connectivity index (χ0n) is 12.3. The Morgan fingerprint density at radius 3 is 2.68 bits per heavy atom. The molecule has 1 rings (SSSR count). The zero-order chi connectivity index (χ0) is 13.9. The summed E-state index contributed by atoms with van der Waals surface area (Å²) in [5.41, 5.74) is 2.70. The molecule has 19 heavy (non-hydrogen) atoms. The van der Waals surface area contributed by atoms with Gasteiger partial charge in [-0.1, -0.05) is 44.2 Å². The smallest absolute Gasteiger partial charge is 0.0719 e. The van der Waals surface area contributed by atoms with Crippen molar-refractivity contribution in [3.63, 3.8) is 0 Å². The standard InChI is InChI=1S/C17H27NO/c1-4-5-8-13-19-14-17-10-7-6-9-16(17)11-12-18-15(2)3/h4,6-7,9-10,15,18H,1,5,8,11-14H2,2-3H3. The maximum absolute atomic E-state index is 5.72. The predicted molar refractivity (Wildman–Crippen MR) is 82.4 cm³/mol. The normalized spacial score (nSPS) is 10.9. The largest absolute Gasteiger partial charge is 0.377 e. The van der Waals surface area contributed by atoms with Gasteiger partial charge in [-0.3, -0.25) is 0 Å². The van der Waals surface area contributed by atoms with Crippen LogP contribution >= 0.6 is 0 Å². The number of hydrogen-bond acceptors (Lipinski definition) is 2. The summed E-state index contributed by atoms with van der Waals surface area (Å²) in [5, 5.41) is 3.45. The third kappa shape index (κ3) is 7.14. The van der Waals surface area contributed by atoms with Gasteiger partial charge < -0.3 is 10.1 Å². The first-order chi connectivity index (χ1) is 9.24. The molecule has 0 radical (unpaired) electrons. The number of unbranched alkanes of at least 4 members (excludes halogenated alkanes) is 1. The first-order valence-corrected chi connectivity index (χ1v) is 7.23. The van der Waals surface area contributed by atoms with Gasteiger partial charge in [0.2, 0.25) is 0 Å². The minimum atomic E-state index is 0.544. The van der Waals surface area contributed by atoms with E-state index in [2.05, 4.69) is 50.0 Å². The fourth-order valence-corrected chi connectivity index (χ4v) is 1.95. The summed E-state index contributed by atoms with van der Waals surface area (Å²) in [5.74, 6) is 0. The zero-order valence-corrected chi connectivity index (χ0v) is 12.3. The molecule has 2 nitrogen and oxygen atoms in total. The van der Waals surface area contributed by atoms with Crippen LogP contribution < -0.4 is 5.32 Å². The molecule has 0 saturated heterocycles. The molecule has 1 N–H and O–H groups in total. The molecule has 0 fully saturated rings. The lowest BCUT2D eigenvalue weighted by Crippen LogP contribution is -2.25. The van der Waals surface area contributed by atoms with E-state index >= 15 is 0 Å². The monoisotopic (exact) mass is 261 g/mol. The van der Waals surface area contributed by atoms with Crippen molar-refractivity contribution in [2.75, 3.05) is 13.2 Å². The Morgan fingerprint density at radius 1 is 1.26 bits per heavy atom. The van der Waals surface area contributed by atoms with E-state index in [0.717, 1.165) is 39.0 Å². The molecule has 2 heteroatoms. The molecule has 0 amide bonds. The van der Waals surface area contributed by atoms with Gasteiger partial charge in [0.25, 0.3) is 0 Å². The number of hydrogen-bond donors (Lipinski definition) is 1. The number of allylic oxidation sites excluding steroid dienone is 1. The van der Waals surface area contributed by atoms with E-state index in [1.165, 1.54) is 11.1 Å². The van der Waals surface area contributed by atoms with Crippen LogP contribution in [0.4, 0.5) is 0 Å². The SMILES string of the molecule is C=CCCCOCc1ccccc1CCNC(C)C. The van der Waals surface area contributed by atoms with Crippen LogP contribution in [0.25, 0.3) is 0 Å². The van der Waals surface area contributed by atoms with Crippen molar-refractivity contribution in [1.82, 2.24) is 5.32 Å². The second-order valence-electron chi connectivity index (χ2n) is 5.11. The molecule has 0 unspecified atom stereocenters. The van der Waals surface area contributed by atoms with Gasteiger partial charge in [0.15, 0.2) is 0 Å². The molecule has 1 aromatic rings. The molecular weight excluding hydrogens is 234 g/mol. The third-order valence-corrected chi connectivity index (χ3v) is 3.02. The van der Waals surface area contributed by atoms with E-state index < -0.39 is 0 Å². The highest BCUT2D eigenvalue weighted by Gasteiger charge is 2.02. The Bertz CT molecular complexity index is 360. The Balaban J connectivity index is 2.37. The number of benzene rings is 1. The molecule has 0 atom stereocenters. The molecule has 0 saturated carbocycles. The van der Waals surface area contributed by atoms with Gasteiger partial charge in [0, 0.05) is 12.6 Å². The van der Waals surface area contributed by atoms with E-state index in [0.29, 0.717) is 6.04 Å². The second-order valence-corrected chi connectivity index (χ2v) is 5.11. The lowest BCUT2D eigenvalue weighted by molar-refractivity contribution is 0.118. The van der Waals surface area contributed by atoms with Crippen LogP contribution in [0, 0.1) is 0 Å². The lowest BCUT2D eigenvalue weighted by atomic mass is 10.1. The van der Waals surface area contributed by atoms with E-state index in [4.69, 9.17) is 4.74 Å². The van der Waals surface area contributed by atoms with Crippen molar-refractivity contribution >= 4 is 0 Å². The van der Waals surface area contributed by atoms with Gasteiger partial charge in [-0.25, -0.2) is 0 Å². The van der Waals surface area contributed by atoms with Gasteiger partial charge in [0.1, 0.15) is 0 Å². The quantitative estimate of drug-likeness (QED) is 0.512. The topological polar surface area (TPSA) is 21.3 Å². The Hall–Kier alpha value is -1.12. The second kappa shape index (κ2) is 9.76. The molecule has 0 aliphatic rings. The molecular formula is C17H27NO. The first kappa shape index (κ1) is 15.9. The van der Waals surface area contributed by atoms with Crippen LogP contribution in [0.5, 0.6) is 0 Å². The van der Waals surface area contributed by atoms with Gasteiger partial charge in [-0.05, 0) is 36.9 Å². The highest BCUT2D eigenvalue weighted by atomic mass is 16.5. The molecule has 0 bridgehead atoms. The van der Waals surface area contributed by atoms with Crippen molar-refractivity contribution in [2.45, 2.75) is 45.8 Å². The summed E-state index contributed by atoms with van der Waals surface area (Å²) in [7, 11) is 0. The highest BCUT2D eigenvalue weighted by molar-refractivity contribution is 5.26. The molecule has 0 aliphatic heterocycles. The van der Waals surface area contributed by atoms with E-state index in [-0.39, 0.29) is 0 Å². The summed E-state index contributed by atoms with van der Waals surface area (Å²) in [6, 6.07) is 9.10. The van der Waals surface area contributed by atoms with Crippen LogP contribution in [-0.4, -0.2) is 19.2 Å². The van der Waals surface area contributed by atoms with Crippen LogP contribution in [0.1, 0.15) is 37.8 Å². The van der Waals surface area contributed by atoms with E-state index in [1.807, 2.05) is 6.08 Å². The highest BCUT2D eigenvalue weighted by Crippen LogP contribution is 2.11. The summed E-state index contributed by atoms with van der Waals surface area (Å²) in [6.45, 7) is 10.6. The van der Waals surface area contributed by atoms with Crippen LogP contribution in [0.15, 0.2) is 36.9 Å². The molecule has 0 aliphatic carbocycles. The average molecular weight is 261 g/mol. The van der Waals surface area contributed by atoms with Gasteiger partial charge in [0.05, 0.1) is 6.61 Å². The van der Waals surface area contributed by atoms with E-state index in [9.17, 15) is 0 Å². The molecule has 106 valence electrons. The van der Waals surface area contributed by atoms with Crippen molar-refractivity contribution in [3.05, 3.63) is 48.0 Å². The van der Waals surface area contributed by atoms with Crippen molar-refractivity contribution in [2.24, 2.45) is 0 Å². The predicted octanol–water partition coefficient (Wildman–Crippen LogP) is 3.71. The Labute approximate surface area is 117 Å². The van der Waals surface area contributed by atoms with Crippen LogP contribution in [0.3, 0.4) is 0 Å². The third-order valence-electron chi connectivity index (χ3n) is 3.02. The summed E-state index contributed by atoms with van der Waals surface area (Å²) >= 11 is 0. The van der Waals surface area contributed by atoms with Crippen LogP contribution in [-0.2, 0) is 17.8 Å². The van der Waals surface area contributed by atoms with Crippen LogP contribution in [0.2, 0.25) is 0 Å². The van der Waals surface area contributed by atoms with Crippen molar-refractivity contribution in [1.29, 1.82) is 0 Å². The minimum absolute atomic E-state index is 0.544. The summed E-state index contributed by atoms with van der Waals surface area (Å²) < 4.78 is 5.72. The van der Waals surface area contributed by atoms with Crippen molar-refractivity contribution in [3.8, 4) is 0 Å². The first-order valence-electron chi connectivity index (χ1n) is 7.23. The maximum Gasteiger partial charge on any atom is 0.0719 e.